The molecule has 0 aliphatic heterocycles. The maximum Gasteiger partial charge on any atom is 0.252 e. The van der Waals surface area contributed by atoms with Crippen LogP contribution < -0.4 is 5.32 Å². The van der Waals surface area contributed by atoms with Crippen LogP contribution in [0, 0.1) is 5.82 Å². The molecule has 1 N–H and O–H groups in total. The first-order chi connectivity index (χ1) is 9.61. The molecular formula is C15H14BrFN2O. The zero-order valence-corrected chi connectivity index (χ0v) is 12.6. The summed E-state index contributed by atoms with van der Waals surface area (Å²) in [7, 11) is 0. The molecule has 0 atom stereocenters. The van der Waals surface area contributed by atoms with Gasteiger partial charge in [0.05, 0.1) is 17.8 Å². The lowest BCUT2D eigenvalue weighted by molar-refractivity contribution is 0.0949. The Morgan fingerprint density at radius 2 is 2.20 bits per heavy atom. The Balaban J connectivity index is 2.11. The summed E-state index contributed by atoms with van der Waals surface area (Å²) in [5.41, 5.74) is 2.20. The van der Waals surface area contributed by atoms with Gasteiger partial charge < -0.3 is 5.32 Å². The number of carbonyl (C=O) groups excluding carboxylic acids is 1. The van der Waals surface area contributed by atoms with E-state index in [1.165, 1.54) is 18.2 Å². The van der Waals surface area contributed by atoms with Gasteiger partial charge >= 0.3 is 0 Å². The summed E-state index contributed by atoms with van der Waals surface area (Å²) in [6.07, 6.45) is 2.54. The van der Waals surface area contributed by atoms with Crippen molar-refractivity contribution in [2.45, 2.75) is 19.9 Å². The molecule has 0 unspecified atom stereocenters. The Labute approximate surface area is 125 Å². The number of aryl methyl sites for hydroxylation is 1. The number of aromatic nitrogens is 1. The second-order valence-electron chi connectivity index (χ2n) is 4.27. The molecule has 1 aromatic carbocycles. The molecule has 0 aliphatic rings. The first-order valence-electron chi connectivity index (χ1n) is 6.28. The Hall–Kier alpha value is -1.75. The van der Waals surface area contributed by atoms with Crippen LogP contribution in [0.2, 0.25) is 0 Å². The second-order valence-corrected chi connectivity index (χ2v) is 5.12. The summed E-state index contributed by atoms with van der Waals surface area (Å²) < 4.78 is 13.7. The number of pyridine rings is 1. The molecule has 1 amide bonds. The van der Waals surface area contributed by atoms with Gasteiger partial charge in [0.1, 0.15) is 5.82 Å². The van der Waals surface area contributed by atoms with Crippen LogP contribution in [-0.2, 0) is 13.0 Å². The van der Waals surface area contributed by atoms with Crippen LogP contribution in [0.25, 0.3) is 0 Å². The maximum absolute atomic E-state index is 13.2. The summed E-state index contributed by atoms with van der Waals surface area (Å²) in [6, 6.07) is 7.87. The molecule has 0 aliphatic carbocycles. The van der Waals surface area contributed by atoms with Gasteiger partial charge in [0.2, 0.25) is 0 Å². The van der Waals surface area contributed by atoms with Gasteiger partial charge in [-0.3, -0.25) is 9.78 Å². The van der Waals surface area contributed by atoms with E-state index in [0.29, 0.717) is 11.0 Å². The van der Waals surface area contributed by atoms with E-state index in [4.69, 9.17) is 0 Å². The largest absolute Gasteiger partial charge is 0.346 e. The monoisotopic (exact) mass is 336 g/mol. The topological polar surface area (TPSA) is 42.0 Å². The van der Waals surface area contributed by atoms with E-state index in [-0.39, 0.29) is 11.5 Å². The van der Waals surface area contributed by atoms with Crippen LogP contribution in [0.3, 0.4) is 0 Å². The molecule has 20 heavy (non-hydrogen) atoms. The Morgan fingerprint density at radius 1 is 1.40 bits per heavy atom. The molecule has 5 heteroatoms. The van der Waals surface area contributed by atoms with E-state index in [1.54, 1.807) is 6.20 Å². The quantitative estimate of drug-likeness (QED) is 0.928. The normalized spacial score (nSPS) is 10.3. The number of carbonyl (C=O) groups is 1. The molecule has 3 nitrogen and oxygen atoms in total. The molecule has 0 radical (unpaired) electrons. The molecule has 1 heterocycles. The van der Waals surface area contributed by atoms with Crippen LogP contribution >= 0.6 is 15.9 Å². The molecule has 0 saturated heterocycles. The van der Waals surface area contributed by atoms with Crippen molar-refractivity contribution in [2.24, 2.45) is 0 Å². The summed E-state index contributed by atoms with van der Waals surface area (Å²) in [5, 5.41) is 2.76. The lowest BCUT2D eigenvalue weighted by Crippen LogP contribution is -2.24. The average Bonchev–Trinajstić information content (AvgIpc) is 2.47. The van der Waals surface area contributed by atoms with Gasteiger partial charge in [-0.15, -0.1) is 0 Å². The maximum atomic E-state index is 13.2. The van der Waals surface area contributed by atoms with Gasteiger partial charge in [-0.2, -0.15) is 0 Å². The smallest absolute Gasteiger partial charge is 0.252 e. The zero-order chi connectivity index (χ0) is 14.5. The van der Waals surface area contributed by atoms with E-state index in [9.17, 15) is 9.18 Å². The predicted octanol–water partition coefficient (Wildman–Crippen LogP) is 3.48. The molecule has 2 aromatic rings. The van der Waals surface area contributed by atoms with Gasteiger partial charge in [-0.1, -0.05) is 13.0 Å². The fraction of sp³-hybridized carbons (Fsp3) is 0.200. The third-order valence-electron chi connectivity index (χ3n) is 2.95. The molecule has 2 rings (SSSR count). The van der Waals surface area contributed by atoms with Crippen LogP contribution in [-0.4, -0.2) is 10.9 Å². The van der Waals surface area contributed by atoms with Crippen LogP contribution in [0.4, 0.5) is 4.39 Å². The highest BCUT2D eigenvalue weighted by Crippen LogP contribution is 2.18. The molecule has 0 spiro atoms. The number of benzene rings is 1. The predicted molar refractivity (Wildman–Crippen MR) is 78.9 cm³/mol. The average molecular weight is 337 g/mol. The Morgan fingerprint density at radius 3 is 2.95 bits per heavy atom. The van der Waals surface area contributed by atoms with Crippen LogP contribution in [0.15, 0.2) is 41.0 Å². The number of nitrogens with one attached hydrogen (secondary N) is 1. The highest BCUT2D eigenvalue weighted by molar-refractivity contribution is 9.10. The molecule has 0 fully saturated rings. The second kappa shape index (κ2) is 6.61. The van der Waals surface area contributed by atoms with Gasteiger partial charge in [0.25, 0.3) is 5.91 Å². The number of rotatable bonds is 4. The lowest BCUT2D eigenvalue weighted by atomic mass is 10.1. The molecule has 0 bridgehead atoms. The van der Waals surface area contributed by atoms with Crippen molar-refractivity contribution >= 4 is 21.8 Å². The number of hydrogen-bond donors (Lipinski definition) is 1. The first-order valence-corrected chi connectivity index (χ1v) is 7.07. The van der Waals surface area contributed by atoms with Gasteiger partial charge in [0, 0.05) is 10.7 Å². The Kier molecular flexibility index (Phi) is 4.84. The zero-order valence-electron chi connectivity index (χ0n) is 11.0. The van der Waals surface area contributed by atoms with Crippen molar-refractivity contribution in [3.8, 4) is 0 Å². The van der Waals surface area contributed by atoms with Gasteiger partial charge in [-0.25, -0.2) is 4.39 Å². The Bertz CT molecular complexity index is 631. The number of halogens is 2. The van der Waals surface area contributed by atoms with E-state index < -0.39 is 5.82 Å². The van der Waals surface area contributed by atoms with Crippen molar-refractivity contribution in [2.75, 3.05) is 0 Å². The van der Waals surface area contributed by atoms with Crippen molar-refractivity contribution in [3.63, 3.8) is 0 Å². The highest BCUT2D eigenvalue weighted by Gasteiger charge is 2.11. The van der Waals surface area contributed by atoms with Crippen molar-refractivity contribution in [3.05, 3.63) is 63.6 Å². The minimum absolute atomic E-state index is 0.277. The number of amides is 1. The van der Waals surface area contributed by atoms with E-state index in [0.717, 1.165) is 17.7 Å². The van der Waals surface area contributed by atoms with Gasteiger partial charge in [-0.05, 0) is 52.2 Å². The summed E-state index contributed by atoms with van der Waals surface area (Å²) in [5.74, 6) is -0.769. The van der Waals surface area contributed by atoms with Crippen molar-refractivity contribution < 1.29 is 9.18 Å². The highest BCUT2D eigenvalue weighted by atomic mass is 79.9. The van der Waals surface area contributed by atoms with Crippen LogP contribution in [0.1, 0.15) is 28.5 Å². The third kappa shape index (κ3) is 3.42. The summed E-state index contributed by atoms with van der Waals surface area (Å²) >= 11 is 3.24. The third-order valence-corrected chi connectivity index (χ3v) is 3.65. The minimum Gasteiger partial charge on any atom is -0.346 e. The fourth-order valence-electron chi connectivity index (χ4n) is 1.88. The van der Waals surface area contributed by atoms with E-state index >= 15 is 0 Å². The van der Waals surface area contributed by atoms with E-state index in [2.05, 4.69) is 26.2 Å². The van der Waals surface area contributed by atoms with Crippen molar-refractivity contribution in [1.82, 2.24) is 10.3 Å². The SMILES string of the molecule is CCc1cccnc1CNC(=O)c1cc(F)ccc1Br. The van der Waals surface area contributed by atoms with Crippen LogP contribution in [0.5, 0.6) is 0 Å². The van der Waals surface area contributed by atoms with Crippen molar-refractivity contribution in [1.29, 1.82) is 0 Å². The molecular weight excluding hydrogens is 323 g/mol. The van der Waals surface area contributed by atoms with E-state index in [1.807, 2.05) is 19.1 Å². The number of nitrogens with zero attached hydrogens (tertiary/aromatic N) is 1. The fourth-order valence-corrected chi connectivity index (χ4v) is 2.31. The first kappa shape index (κ1) is 14.7. The minimum atomic E-state index is -0.439. The summed E-state index contributed by atoms with van der Waals surface area (Å²) in [4.78, 5) is 16.3. The number of hydrogen-bond acceptors (Lipinski definition) is 2. The summed E-state index contributed by atoms with van der Waals surface area (Å²) in [6.45, 7) is 2.36. The molecule has 104 valence electrons. The van der Waals surface area contributed by atoms with Gasteiger partial charge in [0.15, 0.2) is 0 Å². The molecule has 1 aromatic heterocycles. The lowest BCUT2D eigenvalue weighted by Gasteiger charge is -2.09. The standard InChI is InChI=1S/C15H14BrFN2O/c1-2-10-4-3-7-18-14(10)9-19-15(20)12-8-11(17)5-6-13(12)16/h3-8H,2,9H2,1H3,(H,19,20). The molecule has 0 saturated carbocycles.